The molecule has 0 unspecified atom stereocenters. The standard InChI is InChI=1S/C12H15NO2/c1-12(2)10-7-8(15-4)5-6-9(10)11(14)13(12)3/h5-7H,1-4H3. The number of amides is 1. The fourth-order valence-corrected chi connectivity index (χ4v) is 1.96. The molecule has 1 aliphatic heterocycles. The summed E-state index contributed by atoms with van der Waals surface area (Å²) in [7, 11) is 3.46. The molecule has 1 heterocycles. The molecular weight excluding hydrogens is 190 g/mol. The van der Waals surface area contributed by atoms with Crippen molar-refractivity contribution >= 4 is 5.91 Å². The number of nitrogens with zero attached hydrogens (tertiary/aromatic N) is 1. The van der Waals surface area contributed by atoms with Gasteiger partial charge in [0.15, 0.2) is 0 Å². The van der Waals surface area contributed by atoms with Gasteiger partial charge in [0.2, 0.25) is 0 Å². The Labute approximate surface area is 89.7 Å². The molecule has 0 saturated carbocycles. The maximum Gasteiger partial charge on any atom is 0.254 e. The normalized spacial score (nSPS) is 17.9. The van der Waals surface area contributed by atoms with Crippen molar-refractivity contribution in [1.82, 2.24) is 4.90 Å². The number of carbonyl (C=O) groups excluding carboxylic acids is 1. The molecule has 0 aliphatic carbocycles. The molecule has 1 aromatic carbocycles. The minimum Gasteiger partial charge on any atom is -0.497 e. The van der Waals surface area contributed by atoms with Crippen LogP contribution in [0.3, 0.4) is 0 Å². The predicted molar refractivity (Wildman–Crippen MR) is 58.1 cm³/mol. The Morgan fingerprint density at radius 1 is 1.33 bits per heavy atom. The van der Waals surface area contributed by atoms with Gasteiger partial charge in [-0.25, -0.2) is 0 Å². The number of carbonyl (C=O) groups is 1. The molecule has 15 heavy (non-hydrogen) atoms. The van der Waals surface area contributed by atoms with Gasteiger partial charge in [-0.05, 0) is 37.6 Å². The lowest BCUT2D eigenvalue weighted by Gasteiger charge is -2.28. The van der Waals surface area contributed by atoms with E-state index in [1.807, 2.05) is 39.1 Å². The number of benzene rings is 1. The van der Waals surface area contributed by atoms with Crippen molar-refractivity contribution in [2.24, 2.45) is 0 Å². The Kier molecular flexibility index (Phi) is 2.00. The minimum atomic E-state index is -0.249. The van der Waals surface area contributed by atoms with E-state index in [0.717, 1.165) is 16.9 Å². The van der Waals surface area contributed by atoms with Crippen molar-refractivity contribution < 1.29 is 9.53 Å². The van der Waals surface area contributed by atoms with E-state index in [1.54, 1.807) is 12.0 Å². The molecule has 0 bridgehead atoms. The molecule has 0 N–H and O–H groups in total. The third-order valence-corrected chi connectivity index (χ3v) is 3.26. The zero-order valence-electron chi connectivity index (χ0n) is 9.50. The first-order chi connectivity index (χ1) is 6.98. The highest BCUT2D eigenvalue weighted by Crippen LogP contribution is 2.38. The van der Waals surface area contributed by atoms with Gasteiger partial charge in [0.25, 0.3) is 5.91 Å². The maximum atomic E-state index is 11.9. The van der Waals surface area contributed by atoms with Crippen LogP contribution in [0.15, 0.2) is 18.2 Å². The lowest BCUT2D eigenvalue weighted by atomic mass is 9.94. The third-order valence-electron chi connectivity index (χ3n) is 3.26. The molecule has 0 saturated heterocycles. The second kappa shape index (κ2) is 2.99. The van der Waals surface area contributed by atoms with Crippen LogP contribution >= 0.6 is 0 Å². The highest BCUT2D eigenvalue weighted by molar-refractivity contribution is 5.99. The second-order valence-electron chi connectivity index (χ2n) is 4.33. The van der Waals surface area contributed by atoms with Gasteiger partial charge in [-0.1, -0.05) is 0 Å². The quantitative estimate of drug-likeness (QED) is 0.702. The Morgan fingerprint density at radius 2 is 2.00 bits per heavy atom. The molecule has 0 fully saturated rings. The van der Waals surface area contributed by atoms with Crippen molar-refractivity contribution in [3.05, 3.63) is 29.3 Å². The Bertz CT molecular complexity index is 424. The molecule has 3 heteroatoms. The molecular formula is C12H15NO2. The first kappa shape index (κ1) is 10.0. The lowest BCUT2D eigenvalue weighted by molar-refractivity contribution is 0.0691. The number of hydrogen-bond acceptors (Lipinski definition) is 2. The first-order valence-corrected chi connectivity index (χ1v) is 4.95. The molecule has 0 radical (unpaired) electrons. The van der Waals surface area contributed by atoms with Crippen molar-refractivity contribution in [2.45, 2.75) is 19.4 Å². The number of fused-ring (bicyclic) bond motifs is 1. The number of methoxy groups -OCH3 is 1. The molecule has 0 atom stereocenters. The largest absolute Gasteiger partial charge is 0.497 e. The first-order valence-electron chi connectivity index (χ1n) is 4.95. The third kappa shape index (κ3) is 1.23. The van der Waals surface area contributed by atoms with Gasteiger partial charge in [-0.2, -0.15) is 0 Å². The van der Waals surface area contributed by atoms with Gasteiger partial charge in [-0.15, -0.1) is 0 Å². The monoisotopic (exact) mass is 205 g/mol. The molecule has 1 amide bonds. The SMILES string of the molecule is COc1ccc2c(c1)C(C)(C)N(C)C2=O. The van der Waals surface area contributed by atoms with Crippen LogP contribution in [0.2, 0.25) is 0 Å². The average molecular weight is 205 g/mol. The number of hydrogen-bond donors (Lipinski definition) is 0. The molecule has 0 spiro atoms. The van der Waals surface area contributed by atoms with E-state index < -0.39 is 0 Å². The average Bonchev–Trinajstić information content (AvgIpc) is 2.40. The van der Waals surface area contributed by atoms with Crippen molar-refractivity contribution in [2.75, 3.05) is 14.2 Å². The maximum absolute atomic E-state index is 11.9. The summed E-state index contributed by atoms with van der Waals surface area (Å²) in [4.78, 5) is 13.7. The lowest BCUT2D eigenvalue weighted by Crippen LogP contribution is -2.35. The van der Waals surface area contributed by atoms with Crippen molar-refractivity contribution in [1.29, 1.82) is 0 Å². The smallest absolute Gasteiger partial charge is 0.254 e. The highest BCUT2D eigenvalue weighted by Gasteiger charge is 2.40. The fraction of sp³-hybridized carbons (Fsp3) is 0.417. The van der Waals surface area contributed by atoms with Crippen LogP contribution in [-0.4, -0.2) is 25.0 Å². The Morgan fingerprint density at radius 3 is 2.60 bits per heavy atom. The minimum absolute atomic E-state index is 0.0812. The summed E-state index contributed by atoms with van der Waals surface area (Å²) >= 11 is 0. The van der Waals surface area contributed by atoms with E-state index >= 15 is 0 Å². The summed E-state index contributed by atoms with van der Waals surface area (Å²) in [5.41, 5.74) is 1.57. The second-order valence-corrected chi connectivity index (χ2v) is 4.33. The number of ether oxygens (including phenoxy) is 1. The molecule has 3 nitrogen and oxygen atoms in total. The van der Waals surface area contributed by atoms with Crippen LogP contribution in [0.1, 0.15) is 29.8 Å². The van der Waals surface area contributed by atoms with Crippen LogP contribution in [0.25, 0.3) is 0 Å². The summed E-state index contributed by atoms with van der Waals surface area (Å²) in [5, 5.41) is 0. The Balaban J connectivity index is 2.62. The zero-order chi connectivity index (χ0) is 11.2. The van der Waals surface area contributed by atoms with Crippen LogP contribution in [0.4, 0.5) is 0 Å². The van der Waals surface area contributed by atoms with Crippen LogP contribution in [0.5, 0.6) is 5.75 Å². The summed E-state index contributed by atoms with van der Waals surface area (Å²) in [5.74, 6) is 0.877. The van der Waals surface area contributed by atoms with E-state index in [-0.39, 0.29) is 11.4 Å². The summed E-state index contributed by atoms with van der Waals surface area (Å²) in [6, 6.07) is 5.60. The topological polar surface area (TPSA) is 29.5 Å². The zero-order valence-corrected chi connectivity index (χ0v) is 9.50. The van der Waals surface area contributed by atoms with Crippen LogP contribution < -0.4 is 4.74 Å². The van der Waals surface area contributed by atoms with Crippen molar-refractivity contribution in [3.63, 3.8) is 0 Å². The van der Waals surface area contributed by atoms with Gasteiger partial charge in [0.1, 0.15) is 5.75 Å². The van der Waals surface area contributed by atoms with E-state index in [4.69, 9.17) is 4.74 Å². The van der Waals surface area contributed by atoms with Gasteiger partial charge in [0, 0.05) is 12.6 Å². The van der Waals surface area contributed by atoms with Crippen molar-refractivity contribution in [3.8, 4) is 5.75 Å². The van der Waals surface area contributed by atoms with Crippen LogP contribution in [0, 0.1) is 0 Å². The fourth-order valence-electron chi connectivity index (χ4n) is 1.96. The van der Waals surface area contributed by atoms with E-state index in [0.29, 0.717) is 0 Å². The van der Waals surface area contributed by atoms with E-state index in [1.165, 1.54) is 0 Å². The highest BCUT2D eigenvalue weighted by atomic mass is 16.5. The molecule has 0 aromatic heterocycles. The summed E-state index contributed by atoms with van der Waals surface area (Å²) in [6.45, 7) is 4.08. The van der Waals surface area contributed by atoms with Gasteiger partial charge in [0.05, 0.1) is 12.6 Å². The van der Waals surface area contributed by atoms with E-state index in [9.17, 15) is 4.79 Å². The van der Waals surface area contributed by atoms with Gasteiger partial charge < -0.3 is 9.64 Å². The number of rotatable bonds is 1. The van der Waals surface area contributed by atoms with Crippen LogP contribution in [-0.2, 0) is 5.54 Å². The predicted octanol–water partition coefficient (Wildman–Crippen LogP) is 2.02. The van der Waals surface area contributed by atoms with Gasteiger partial charge >= 0.3 is 0 Å². The van der Waals surface area contributed by atoms with E-state index in [2.05, 4.69) is 0 Å². The molecule has 1 aliphatic rings. The molecule has 1 aromatic rings. The Hall–Kier alpha value is -1.51. The summed E-state index contributed by atoms with van der Waals surface area (Å²) < 4.78 is 5.17. The van der Waals surface area contributed by atoms with Gasteiger partial charge in [-0.3, -0.25) is 4.79 Å². The summed E-state index contributed by atoms with van der Waals surface area (Å²) in [6.07, 6.45) is 0. The molecule has 2 rings (SSSR count). The molecule has 80 valence electrons.